The van der Waals surface area contributed by atoms with Gasteiger partial charge < -0.3 is 20.1 Å². The normalized spacial score (nSPS) is 19.0. The van der Waals surface area contributed by atoms with Crippen LogP contribution in [-0.4, -0.2) is 68.8 Å². The van der Waals surface area contributed by atoms with Gasteiger partial charge in [-0.25, -0.2) is 4.39 Å². The van der Waals surface area contributed by atoms with Gasteiger partial charge in [-0.15, -0.1) is 0 Å². The molecule has 0 spiro atoms. The van der Waals surface area contributed by atoms with Crippen LogP contribution in [0.15, 0.2) is 18.2 Å². The number of hydrogen-bond donors (Lipinski definition) is 1. The standard InChI is InChI=1S/C16H24FN3O3/c1-19-5-6-23-13(9-19)10-20(11-16(18)21)8-12-3-4-15(22-2)14(17)7-12/h3-4,7,13H,5-6,8-11H2,1-2H3,(H2,18,21)/t13-/m0/s1. The van der Waals surface area contributed by atoms with E-state index in [2.05, 4.69) is 4.90 Å². The van der Waals surface area contributed by atoms with E-state index in [-0.39, 0.29) is 18.4 Å². The van der Waals surface area contributed by atoms with Crippen molar-refractivity contribution >= 4 is 5.91 Å². The highest BCUT2D eigenvalue weighted by molar-refractivity contribution is 5.75. The molecular weight excluding hydrogens is 301 g/mol. The number of nitrogens with two attached hydrogens (primary N) is 1. The van der Waals surface area contributed by atoms with E-state index < -0.39 is 11.7 Å². The van der Waals surface area contributed by atoms with Gasteiger partial charge in [0.15, 0.2) is 11.6 Å². The van der Waals surface area contributed by atoms with Crippen LogP contribution in [0.25, 0.3) is 0 Å². The second-order valence-corrected chi connectivity index (χ2v) is 5.86. The van der Waals surface area contributed by atoms with E-state index in [1.165, 1.54) is 13.2 Å². The molecule has 128 valence electrons. The van der Waals surface area contributed by atoms with E-state index >= 15 is 0 Å². The number of rotatable bonds is 7. The van der Waals surface area contributed by atoms with E-state index in [0.717, 1.165) is 18.7 Å². The summed E-state index contributed by atoms with van der Waals surface area (Å²) < 4.78 is 24.5. The first kappa shape index (κ1) is 17.7. The number of carbonyl (C=O) groups is 1. The molecule has 0 radical (unpaired) electrons. The smallest absolute Gasteiger partial charge is 0.231 e. The van der Waals surface area contributed by atoms with Gasteiger partial charge in [-0.05, 0) is 24.7 Å². The van der Waals surface area contributed by atoms with Crippen LogP contribution in [0.3, 0.4) is 0 Å². The van der Waals surface area contributed by atoms with Crippen molar-refractivity contribution in [3.63, 3.8) is 0 Å². The van der Waals surface area contributed by atoms with Gasteiger partial charge in [-0.3, -0.25) is 9.69 Å². The quantitative estimate of drug-likeness (QED) is 0.788. The van der Waals surface area contributed by atoms with Crippen molar-refractivity contribution in [3.05, 3.63) is 29.6 Å². The molecule has 2 N–H and O–H groups in total. The summed E-state index contributed by atoms with van der Waals surface area (Å²) in [6.07, 6.45) is 0.0104. The lowest BCUT2D eigenvalue weighted by Crippen LogP contribution is -2.47. The molecule has 1 heterocycles. The zero-order valence-electron chi connectivity index (χ0n) is 13.6. The number of nitrogens with zero attached hydrogens (tertiary/aromatic N) is 2. The minimum atomic E-state index is -0.419. The minimum absolute atomic E-state index is 0.0104. The average Bonchev–Trinajstić information content (AvgIpc) is 2.46. The fraction of sp³-hybridized carbons (Fsp3) is 0.562. The molecule has 7 heteroatoms. The maximum absolute atomic E-state index is 13.8. The van der Waals surface area contributed by atoms with Gasteiger partial charge in [0.25, 0.3) is 0 Å². The number of ether oxygens (including phenoxy) is 2. The predicted molar refractivity (Wildman–Crippen MR) is 84.7 cm³/mol. The van der Waals surface area contributed by atoms with E-state index in [0.29, 0.717) is 19.7 Å². The number of primary amides is 1. The van der Waals surface area contributed by atoms with Gasteiger partial charge in [0.1, 0.15) is 0 Å². The highest BCUT2D eigenvalue weighted by Crippen LogP contribution is 2.19. The Morgan fingerprint density at radius 3 is 2.96 bits per heavy atom. The molecule has 23 heavy (non-hydrogen) atoms. The molecule has 1 atom stereocenters. The Labute approximate surface area is 135 Å². The van der Waals surface area contributed by atoms with Gasteiger partial charge in [0.05, 0.1) is 26.4 Å². The molecule has 1 fully saturated rings. The number of morpholine rings is 1. The highest BCUT2D eigenvalue weighted by atomic mass is 19.1. The molecule has 1 aromatic carbocycles. The maximum Gasteiger partial charge on any atom is 0.231 e. The van der Waals surface area contributed by atoms with Gasteiger partial charge in [-0.2, -0.15) is 0 Å². The lowest BCUT2D eigenvalue weighted by Gasteiger charge is -2.33. The summed E-state index contributed by atoms with van der Waals surface area (Å²) in [6, 6.07) is 4.78. The molecule has 1 aliphatic heterocycles. The van der Waals surface area contributed by atoms with E-state index in [9.17, 15) is 9.18 Å². The third-order valence-corrected chi connectivity index (χ3v) is 3.81. The maximum atomic E-state index is 13.8. The molecule has 1 amide bonds. The molecule has 0 bridgehead atoms. The van der Waals surface area contributed by atoms with Crippen molar-refractivity contribution in [1.29, 1.82) is 0 Å². The van der Waals surface area contributed by atoms with Crippen molar-refractivity contribution in [2.45, 2.75) is 12.6 Å². The first-order valence-corrected chi connectivity index (χ1v) is 7.61. The molecule has 0 unspecified atom stereocenters. The van der Waals surface area contributed by atoms with Gasteiger partial charge >= 0.3 is 0 Å². The SMILES string of the molecule is COc1ccc(CN(CC(N)=O)C[C@@H]2CN(C)CCO2)cc1F. The van der Waals surface area contributed by atoms with Gasteiger partial charge in [-0.1, -0.05) is 6.07 Å². The predicted octanol–water partition coefficient (Wildman–Crippen LogP) is 0.452. The molecule has 0 aliphatic carbocycles. The molecule has 1 saturated heterocycles. The molecule has 0 saturated carbocycles. The molecule has 1 aliphatic rings. The fourth-order valence-electron chi connectivity index (χ4n) is 2.74. The van der Waals surface area contributed by atoms with Crippen LogP contribution in [0.4, 0.5) is 4.39 Å². The minimum Gasteiger partial charge on any atom is -0.494 e. The summed E-state index contributed by atoms with van der Waals surface area (Å²) in [5.74, 6) is -0.631. The van der Waals surface area contributed by atoms with E-state index in [1.54, 1.807) is 12.1 Å². The van der Waals surface area contributed by atoms with E-state index in [4.69, 9.17) is 15.2 Å². The van der Waals surface area contributed by atoms with E-state index in [1.807, 2.05) is 11.9 Å². The number of amides is 1. The Morgan fingerprint density at radius 2 is 2.35 bits per heavy atom. The molecule has 0 aromatic heterocycles. The highest BCUT2D eigenvalue weighted by Gasteiger charge is 2.22. The number of carbonyl (C=O) groups excluding carboxylic acids is 1. The summed E-state index contributed by atoms with van der Waals surface area (Å²) in [5.41, 5.74) is 6.09. The monoisotopic (exact) mass is 325 g/mol. The number of benzene rings is 1. The Hall–Kier alpha value is -1.70. The van der Waals surface area contributed by atoms with Crippen LogP contribution in [0.1, 0.15) is 5.56 Å². The van der Waals surface area contributed by atoms with Crippen molar-refractivity contribution in [1.82, 2.24) is 9.80 Å². The van der Waals surface area contributed by atoms with Gasteiger partial charge in [0.2, 0.25) is 5.91 Å². The Balaban J connectivity index is 2.02. The zero-order chi connectivity index (χ0) is 16.8. The first-order chi connectivity index (χ1) is 11.0. The lowest BCUT2D eigenvalue weighted by atomic mass is 10.1. The van der Waals surface area contributed by atoms with Crippen molar-refractivity contribution < 1.29 is 18.7 Å². The van der Waals surface area contributed by atoms with Crippen LogP contribution in [-0.2, 0) is 16.1 Å². The number of methoxy groups -OCH3 is 1. The lowest BCUT2D eigenvalue weighted by molar-refractivity contribution is -0.120. The Kier molecular flexibility index (Phi) is 6.32. The van der Waals surface area contributed by atoms with Crippen LogP contribution in [0.5, 0.6) is 5.75 Å². The number of likely N-dealkylation sites (N-methyl/N-ethyl adjacent to an activating group) is 1. The summed E-state index contributed by atoms with van der Waals surface area (Å²) in [6.45, 7) is 3.47. The van der Waals surface area contributed by atoms with Crippen molar-refractivity contribution in [2.24, 2.45) is 5.73 Å². The fourth-order valence-corrected chi connectivity index (χ4v) is 2.74. The van der Waals surface area contributed by atoms with Gasteiger partial charge in [0, 0.05) is 26.2 Å². The van der Waals surface area contributed by atoms with Crippen LogP contribution < -0.4 is 10.5 Å². The number of halogens is 1. The van der Waals surface area contributed by atoms with Crippen LogP contribution >= 0.6 is 0 Å². The summed E-state index contributed by atoms with van der Waals surface area (Å²) in [5, 5.41) is 0. The second-order valence-electron chi connectivity index (χ2n) is 5.86. The summed E-state index contributed by atoms with van der Waals surface area (Å²) in [7, 11) is 3.46. The summed E-state index contributed by atoms with van der Waals surface area (Å²) in [4.78, 5) is 15.4. The average molecular weight is 325 g/mol. The van der Waals surface area contributed by atoms with Crippen LogP contribution in [0.2, 0.25) is 0 Å². The summed E-state index contributed by atoms with van der Waals surface area (Å²) >= 11 is 0. The Bertz CT molecular complexity index is 541. The second kappa shape index (κ2) is 8.24. The molecule has 2 rings (SSSR count). The third-order valence-electron chi connectivity index (χ3n) is 3.81. The first-order valence-electron chi connectivity index (χ1n) is 7.61. The van der Waals surface area contributed by atoms with Crippen molar-refractivity contribution in [2.75, 3.05) is 46.9 Å². The zero-order valence-corrected chi connectivity index (χ0v) is 13.6. The Morgan fingerprint density at radius 1 is 1.57 bits per heavy atom. The molecular formula is C16H24FN3O3. The largest absolute Gasteiger partial charge is 0.494 e. The van der Waals surface area contributed by atoms with Crippen molar-refractivity contribution in [3.8, 4) is 5.75 Å². The number of hydrogen-bond acceptors (Lipinski definition) is 5. The topological polar surface area (TPSA) is 68.0 Å². The molecule has 6 nitrogen and oxygen atoms in total. The third kappa shape index (κ3) is 5.46. The molecule has 1 aromatic rings. The van der Waals surface area contributed by atoms with Crippen LogP contribution in [0, 0.1) is 5.82 Å².